The molecule has 0 unspecified atom stereocenters. The van der Waals surface area contributed by atoms with Gasteiger partial charge in [-0.1, -0.05) is 52.3 Å². The van der Waals surface area contributed by atoms with Crippen LogP contribution in [0, 0.1) is 0 Å². The number of nitrogens with one attached hydrogen (secondary N) is 1. The van der Waals surface area contributed by atoms with Crippen LogP contribution in [0.3, 0.4) is 0 Å². The van der Waals surface area contributed by atoms with E-state index in [4.69, 9.17) is 4.74 Å². The number of hydrogen-bond donors (Lipinski definition) is 1. The van der Waals surface area contributed by atoms with Gasteiger partial charge in [0.05, 0.1) is 6.61 Å². The molecule has 0 bridgehead atoms. The lowest BCUT2D eigenvalue weighted by Crippen LogP contribution is -2.04. The summed E-state index contributed by atoms with van der Waals surface area (Å²) in [7, 11) is 1.73. The highest BCUT2D eigenvalue weighted by atomic mass is 79.9. The first-order valence-electron chi connectivity index (χ1n) is 6.35. The zero-order valence-electron chi connectivity index (χ0n) is 11.0. The second kappa shape index (κ2) is 7.31. The lowest BCUT2D eigenvalue weighted by atomic mass is 10.1. The second-order valence-corrected chi connectivity index (χ2v) is 5.20. The number of methoxy groups -OCH3 is 1. The SMILES string of the molecule is COCCc1ccccc1NCc1ccccc1Br. The first-order valence-corrected chi connectivity index (χ1v) is 7.14. The fraction of sp³-hybridized carbons (Fsp3) is 0.250. The maximum atomic E-state index is 5.15. The van der Waals surface area contributed by atoms with Gasteiger partial charge >= 0.3 is 0 Å². The van der Waals surface area contributed by atoms with Crippen molar-refractivity contribution in [1.29, 1.82) is 0 Å². The Balaban J connectivity index is 2.05. The third-order valence-electron chi connectivity index (χ3n) is 3.02. The molecule has 3 heteroatoms. The highest BCUT2D eigenvalue weighted by molar-refractivity contribution is 9.10. The predicted molar refractivity (Wildman–Crippen MR) is 83.5 cm³/mol. The molecule has 0 amide bonds. The van der Waals surface area contributed by atoms with Crippen LogP contribution in [0.5, 0.6) is 0 Å². The minimum absolute atomic E-state index is 0.744. The molecule has 0 aromatic heterocycles. The molecular weight excluding hydrogens is 302 g/mol. The largest absolute Gasteiger partial charge is 0.384 e. The highest BCUT2D eigenvalue weighted by Crippen LogP contribution is 2.20. The third kappa shape index (κ3) is 4.08. The van der Waals surface area contributed by atoms with E-state index in [1.165, 1.54) is 16.8 Å². The summed E-state index contributed by atoms with van der Waals surface area (Å²) >= 11 is 3.57. The maximum Gasteiger partial charge on any atom is 0.0503 e. The van der Waals surface area contributed by atoms with E-state index < -0.39 is 0 Å². The van der Waals surface area contributed by atoms with Crippen molar-refractivity contribution in [2.75, 3.05) is 19.0 Å². The van der Waals surface area contributed by atoms with Crippen molar-refractivity contribution in [3.05, 3.63) is 64.1 Å². The lowest BCUT2D eigenvalue weighted by molar-refractivity contribution is 0.202. The van der Waals surface area contributed by atoms with Gasteiger partial charge in [-0.3, -0.25) is 0 Å². The average Bonchev–Trinajstić information content (AvgIpc) is 2.45. The Morgan fingerprint density at radius 3 is 2.42 bits per heavy atom. The second-order valence-electron chi connectivity index (χ2n) is 4.34. The van der Waals surface area contributed by atoms with Crippen molar-refractivity contribution in [2.45, 2.75) is 13.0 Å². The van der Waals surface area contributed by atoms with E-state index in [1.54, 1.807) is 7.11 Å². The normalized spacial score (nSPS) is 10.4. The predicted octanol–water partition coefficient (Wildman–Crippen LogP) is 4.25. The van der Waals surface area contributed by atoms with E-state index >= 15 is 0 Å². The molecule has 0 saturated heterocycles. The maximum absolute atomic E-state index is 5.15. The molecule has 0 heterocycles. The van der Waals surface area contributed by atoms with E-state index in [2.05, 4.69) is 63.7 Å². The smallest absolute Gasteiger partial charge is 0.0503 e. The Morgan fingerprint density at radius 1 is 1.00 bits per heavy atom. The Morgan fingerprint density at radius 2 is 1.68 bits per heavy atom. The van der Waals surface area contributed by atoms with Crippen molar-refractivity contribution in [1.82, 2.24) is 0 Å². The van der Waals surface area contributed by atoms with Crippen LogP contribution in [0.15, 0.2) is 53.0 Å². The van der Waals surface area contributed by atoms with Gasteiger partial charge in [0, 0.05) is 23.8 Å². The first kappa shape index (κ1) is 14.1. The molecule has 19 heavy (non-hydrogen) atoms. The molecule has 2 nitrogen and oxygen atoms in total. The van der Waals surface area contributed by atoms with Crippen LogP contribution in [-0.2, 0) is 17.7 Å². The molecule has 2 rings (SSSR count). The number of rotatable bonds is 6. The Kier molecular flexibility index (Phi) is 5.43. The molecule has 0 spiro atoms. The number of anilines is 1. The fourth-order valence-electron chi connectivity index (χ4n) is 1.95. The number of hydrogen-bond acceptors (Lipinski definition) is 2. The number of ether oxygens (including phenoxy) is 1. The van der Waals surface area contributed by atoms with Crippen LogP contribution in [0.1, 0.15) is 11.1 Å². The van der Waals surface area contributed by atoms with E-state index in [-0.39, 0.29) is 0 Å². The molecule has 100 valence electrons. The summed E-state index contributed by atoms with van der Waals surface area (Å²) in [5.41, 5.74) is 3.72. The van der Waals surface area contributed by atoms with Gasteiger partial charge in [-0.15, -0.1) is 0 Å². The van der Waals surface area contributed by atoms with Crippen molar-refractivity contribution >= 4 is 21.6 Å². The third-order valence-corrected chi connectivity index (χ3v) is 3.79. The zero-order chi connectivity index (χ0) is 13.5. The van der Waals surface area contributed by atoms with Gasteiger partial charge in [0.1, 0.15) is 0 Å². The van der Waals surface area contributed by atoms with Crippen molar-refractivity contribution < 1.29 is 4.74 Å². The molecule has 0 atom stereocenters. The molecule has 0 aliphatic heterocycles. The van der Waals surface area contributed by atoms with Crippen LogP contribution < -0.4 is 5.32 Å². The topological polar surface area (TPSA) is 21.3 Å². The van der Waals surface area contributed by atoms with Gasteiger partial charge in [0.15, 0.2) is 0 Å². The summed E-state index contributed by atoms with van der Waals surface area (Å²) in [4.78, 5) is 0. The average molecular weight is 320 g/mol. The van der Waals surface area contributed by atoms with E-state index in [1.807, 2.05) is 6.07 Å². The first-order chi connectivity index (χ1) is 9.31. The summed E-state index contributed by atoms with van der Waals surface area (Å²) in [6.07, 6.45) is 0.926. The van der Waals surface area contributed by atoms with Crippen molar-refractivity contribution in [2.24, 2.45) is 0 Å². The highest BCUT2D eigenvalue weighted by Gasteiger charge is 2.03. The van der Waals surface area contributed by atoms with E-state index in [0.717, 1.165) is 24.0 Å². The quantitative estimate of drug-likeness (QED) is 0.859. The van der Waals surface area contributed by atoms with Gasteiger partial charge < -0.3 is 10.1 Å². The van der Waals surface area contributed by atoms with Gasteiger partial charge in [-0.25, -0.2) is 0 Å². The molecule has 2 aromatic carbocycles. The molecule has 0 radical (unpaired) electrons. The standard InChI is InChI=1S/C16H18BrNO/c1-19-11-10-13-6-3-5-9-16(13)18-12-14-7-2-4-8-15(14)17/h2-9,18H,10-12H2,1H3. The van der Waals surface area contributed by atoms with Gasteiger partial charge in [-0.2, -0.15) is 0 Å². The van der Waals surface area contributed by atoms with Gasteiger partial charge in [0.2, 0.25) is 0 Å². The Hall–Kier alpha value is -1.32. The Labute approximate surface area is 122 Å². The van der Waals surface area contributed by atoms with Crippen molar-refractivity contribution in [3.63, 3.8) is 0 Å². The number of para-hydroxylation sites is 1. The molecule has 0 aliphatic carbocycles. The number of halogens is 1. The monoisotopic (exact) mass is 319 g/mol. The minimum Gasteiger partial charge on any atom is -0.384 e. The lowest BCUT2D eigenvalue weighted by Gasteiger charge is -2.12. The van der Waals surface area contributed by atoms with Gasteiger partial charge in [-0.05, 0) is 29.7 Å². The Bertz CT molecular complexity index is 528. The van der Waals surface area contributed by atoms with E-state index in [0.29, 0.717) is 0 Å². The molecule has 0 saturated carbocycles. The molecule has 2 aromatic rings. The van der Waals surface area contributed by atoms with Gasteiger partial charge in [0.25, 0.3) is 0 Å². The number of benzene rings is 2. The fourth-order valence-corrected chi connectivity index (χ4v) is 2.38. The molecule has 0 fully saturated rings. The van der Waals surface area contributed by atoms with E-state index in [9.17, 15) is 0 Å². The zero-order valence-corrected chi connectivity index (χ0v) is 12.6. The van der Waals surface area contributed by atoms with Crippen LogP contribution in [0.2, 0.25) is 0 Å². The molecule has 1 N–H and O–H groups in total. The summed E-state index contributed by atoms with van der Waals surface area (Å²) in [5.74, 6) is 0. The van der Waals surface area contributed by atoms with Crippen LogP contribution in [0.4, 0.5) is 5.69 Å². The minimum atomic E-state index is 0.744. The summed E-state index contributed by atoms with van der Waals surface area (Å²) in [5, 5.41) is 3.49. The molecule has 0 aliphatic rings. The van der Waals surface area contributed by atoms with Crippen molar-refractivity contribution in [3.8, 4) is 0 Å². The molecular formula is C16H18BrNO. The summed E-state index contributed by atoms with van der Waals surface area (Å²) in [6.45, 7) is 1.55. The van der Waals surface area contributed by atoms with Crippen LogP contribution >= 0.6 is 15.9 Å². The summed E-state index contributed by atoms with van der Waals surface area (Å²) < 4.78 is 6.28. The van der Waals surface area contributed by atoms with Crippen LogP contribution in [-0.4, -0.2) is 13.7 Å². The van der Waals surface area contributed by atoms with Crippen LogP contribution in [0.25, 0.3) is 0 Å². The summed E-state index contributed by atoms with van der Waals surface area (Å²) in [6, 6.07) is 16.6.